The van der Waals surface area contributed by atoms with E-state index in [9.17, 15) is 4.79 Å². The molecule has 0 saturated carbocycles. The van der Waals surface area contributed by atoms with Crippen LogP contribution in [0, 0.1) is 0 Å². The number of aryl methyl sites for hydroxylation is 1. The zero-order valence-corrected chi connectivity index (χ0v) is 10.3. The molecule has 3 heteroatoms. The monoisotopic (exact) mass is 265 g/mol. The quantitative estimate of drug-likeness (QED) is 0.818. The van der Waals surface area contributed by atoms with E-state index in [4.69, 9.17) is 0 Å². The van der Waals surface area contributed by atoms with Crippen LogP contribution in [-0.2, 0) is 18.3 Å². The number of hydrogen-bond acceptors (Lipinski definition) is 1. The number of hydrogen-bond donors (Lipinski definition) is 0. The van der Waals surface area contributed by atoms with Gasteiger partial charge in [-0.15, -0.1) is 0 Å². The lowest BCUT2D eigenvalue weighted by Crippen LogP contribution is -1.94. The lowest BCUT2D eigenvalue weighted by molar-refractivity contribution is -0.116. The largest absolute Gasteiger partial charge is 0.349 e. The van der Waals surface area contributed by atoms with Crippen molar-refractivity contribution >= 4 is 32.6 Å². The summed E-state index contributed by atoms with van der Waals surface area (Å²) in [5, 5.41) is 1.15. The van der Waals surface area contributed by atoms with Crippen LogP contribution in [0.4, 0.5) is 0 Å². The van der Waals surface area contributed by atoms with Gasteiger partial charge in [-0.1, -0.05) is 12.1 Å². The first-order valence-corrected chi connectivity index (χ1v) is 5.60. The highest BCUT2D eigenvalue weighted by Gasteiger charge is 2.09. The van der Waals surface area contributed by atoms with E-state index in [1.54, 1.807) is 6.92 Å². The summed E-state index contributed by atoms with van der Waals surface area (Å²) in [6, 6.07) is 6.06. The van der Waals surface area contributed by atoms with Crippen molar-refractivity contribution in [2.75, 3.05) is 0 Å². The number of nitrogens with zero attached hydrogens (tertiary/aromatic N) is 1. The Labute approximate surface area is 97.0 Å². The number of halogens is 1. The fraction of sp³-hybridized carbons (Fsp3) is 0.250. The number of aromatic nitrogens is 1. The molecule has 0 spiro atoms. The van der Waals surface area contributed by atoms with Gasteiger partial charge in [0, 0.05) is 29.5 Å². The highest BCUT2D eigenvalue weighted by atomic mass is 79.9. The zero-order valence-electron chi connectivity index (χ0n) is 8.75. The highest BCUT2D eigenvalue weighted by molar-refractivity contribution is 9.10. The molecule has 78 valence electrons. The van der Waals surface area contributed by atoms with Crippen LogP contribution in [-0.4, -0.2) is 10.4 Å². The van der Waals surface area contributed by atoms with E-state index in [0.717, 1.165) is 20.9 Å². The van der Waals surface area contributed by atoms with Crippen LogP contribution in [0.1, 0.15) is 12.5 Å². The maximum atomic E-state index is 11.1. The van der Waals surface area contributed by atoms with Gasteiger partial charge >= 0.3 is 0 Å². The Morgan fingerprint density at radius 3 is 2.87 bits per heavy atom. The van der Waals surface area contributed by atoms with Crippen molar-refractivity contribution in [3.63, 3.8) is 0 Å². The van der Waals surface area contributed by atoms with E-state index in [0.29, 0.717) is 6.42 Å². The molecule has 0 amide bonds. The van der Waals surface area contributed by atoms with Gasteiger partial charge in [-0.25, -0.2) is 0 Å². The third-order valence-electron chi connectivity index (χ3n) is 2.47. The molecule has 2 rings (SSSR count). The average Bonchev–Trinajstić information content (AvgIpc) is 2.44. The number of fused-ring (bicyclic) bond motifs is 1. The Bertz CT molecular complexity index is 528. The van der Waals surface area contributed by atoms with Crippen LogP contribution in [0.15, 0.2) is 28.9 Å². The number of rotatable bonds is 2. The van der Waals surface area contributed by atoms with Crippen molar-refractivity contribution in [3.05, 3.63) is 34.4 Å². The summed E-state index contributed by atoms with van der Waals surface area (Å²) in [5.41, 5.74) is 2.25. The predicted molar refractivity (Wildman–Crippen MR) is 65.0 cm³/mol. The SMILES string of the molecule is CC(=O)Cc1cn(C)c2c(Br)cccc12. The fourth-order valence-corrected chi connectivity index (χ4v) is 2.56. The number of carbonyl (C=O) groups excluding carboxylic acids is 1. The molecule has 0 bridgehead atoms. The second kappa shape index (κ2) is 3.81. The topological polar surface area (TPSA) is 22.0 Å². The van der Waals surface area contributed by atoms with Crippen LogP contribution in [0.5, 0.6) is 0 Å². The molecule has 0 radical (unpaired) electrons. The van der Waals surface area contributed by atoms with Gasteiger partial charge in [0.25, 0.3) is 0 Å². The van der Waals surface area contributed by atoms with E-state index in [1.807, 2.05) is 25.4 Å². The number of ketones is 1. The molecule has 0 aliphatic carbocycles. The van der Waals surface area contributed by atoms with Gasteiger partial charge in [-0.3, -0.25) is 4.79 Å². The number of benzene rings is 1. The third-order valence-corrected chi connectivity index (χ3v) is 3.11. The van der Waals surface area contributed by atoms with Crippen molar-refractivity contribution in [3.8, 4) is 0 Å². The van der Waals surface area contributed by atoms with Crippen molar-refractivity contribution in [2.24, 2.45) is 7.05 Å². The highest BCUT2D eigenvalue weighted by Crippen LogP contribution is 2.27. The first-order valence-electron chi connectivity index (χ1n) is 4.81. The van der Waals surface area contributed by atoms with E-state index in [2.05, 4.69) is 26.6 Å². The molecule has 2 aromatic rings. The molecular formula is C12H12BrNO. The van der Waals surface area contributed by atoms with Gasteiger partial charge in [0.05, 0.1) is 5.52 Å². The van der Waals surface area contributed by atoms with Crippen molar-refractivity contribution in [2.45, 2.75) is 13.3 Å². The molecule has 0 N–H and O–H groups in total. The summed E-state index contributed by atoms with van der Waals surface area (Å²) < 4.78 is 3.12. The number of carbonyl (C=O) groups is 1. The van der Waals surface area contributed by atoms with E-state index in [1.165, 1.54) is 0 Å². The van der Waals surface area contributed by atoms with Gasteiger partial charge < -0.3 is 4.57 Å². The summed E-state index contributed by atoms with van der Waals surface area (Å²) in [4.78, 5) is 11.1. The van der Waals surface area contributed by atoms with Gasteiger partial charge in [0.15, 0.2) is 0 Å². The van der Waals surface area contributed by atoms with Crippen molar-refractivity contribution < 1.29 is 4.79 Å². The molecular weight excluding hydrogens is 254 g/mol. The second-order valence-electron chi connectivity index (χ2n) is 3.78. The maximum absolute atomic E-state index is 11.1. The number of Topliss-reactive ketones (excluding diaryl/α,β-unsaturated/α-hetero) is 1. The standard InChI is InChI=1S/C12H12BrNO/c1-8(15)6-9-7-14(2)12-10(9)4-3-5-11(12)13/h3-5,7H,6H2,1-2H3. The average molecular weight is 266 g/mol. The molecule has 1 aromatic heterocycles. The first-order chi connectivity index (χ1) is 7.09. The van der Waals surface area contributed by atoms with Crippen LogP contribution in [0.2, 0.25) is 0 Å². The molecule has 1 heterocycles. The van der Waals surface area contributed by atoms with Gasteiger partial charge in [0.1, 0.15) is 5.78 Å². The minimum Gasteiger partial charge on any atom is -0.349 e. The second-order valence-corrected chi connectivity index (χ2v) is 4.63. The molecule has 0 aliphatic rings. The minimum absolute atomic E-state index is 0.197. The summed E-state index contributed by atoms with van der Waals surface area (Å²) in [5.74, 6) is 0.197. The molecule has 15 heavy (non-hydrogen) atoms. The Hall–Kier alpha value is -1.09. The lowest BCUT2D eigenvalue weighted by Gasteiger charge is -1.98. The molecule has 0 unspecified atom stereocenters. The van der Waals surface area contributed by atoms with Crippen LogP contribution >= 0.6 is 15.9 Å². The molecule has 2 nitrogen and oxygen atoms in total. The van der Waals surface area contributed by atoms with Crippen molar-refractivity contribution in [1.29, 1.82) is 0 Å². The molecule has 0 aliphatic heterocycles. The van der Waals surface area contributed by atoms with E-state index < -0.39 is 0 Å². The lowest BCUT2D eigenvalue weighted by atomic mass is 10.1. The van der Waals surface area contributed by atoms with Crippen molar-refractivity contribution in [1.82, 2.24) is 4.57 Å². The number of para-hydroxylation sites is 1. The van der Waals surface area contributed by atoms with Crippen LogP contribution < -0.4 is 0 Å². The van der Waals surface area contributed by atoms with Gasteiger partial charge in [-0.2, -0.15) is 0 Å². The van der Waals surface area contributed by atoms with Crippen LogP contribution in [0.25, 0.3) is 10.9 Å². The third kappa shape index (κ3) is 1.84. The van der Waals surface area contributed by atoms with E-state index >= 15 is 0 Å². The summed E-state index contributed by atoms with van der Waals surface area (Å²) in [6.45, 7) is 1.62. The molecule has 0 saturated heterocycles. The molecule has 0 fully saturated rings. The Balaban J connectivity index is 2.68. The maximum Gasteiger partial charge on any atom is 0.134 e. The Morgan fingerprint density at radius 2 is 2.20 bits per heavy atom. The van der Waals surface area contributed by atoms with Crippen LogP contribution in [0.3, 0.4) is 0 Å². The minimum atomic E-state index is 0.197. The Morgan fingerprint density at radius 1 is 1.47 bits per heavy atom. The molecule has 1 aromatic carbocycles. The van der Waals surface area contributed by atoms with Gasteiger partial charge in [0.2, 0.25) is 0 Å². The predicted octanol–water partition coefficient (Wildman–Crippen LogP) is 3.07. The smallest absolute Gasteiger partial charge is 0.134 e. The summed E-state index contributed by atoms with van der Waals surface area (Å²) >= 11 is 3.52. The zero-order chi connectivity index (χ0) is 11.0. The summed E-state index contributed by atoms with van der Waals surface area (Å²) in [6.07, 6.45) is 2.53. The fourth-order valence-electron chi connectivity index (χ4n) is 1.91. The Kier molecular flexibility index (Phi) is 2.65. The summed E-state index contributed by atoms with van der Waals surface area (Å²) in [7, 11) is 2.00. The van der Waals surface area contributed by atoms with Gasteiger partial charge in [-0.05, 0) is 34.5 Å². The molecule has 0 atom stereocenters. The normalized spacial score (nSPS) is 10.9. The first kappa shape index (κ1) is 10.4. The van der Waals surface area contributed by atoms with E-state index in [-0.39, 0.29) is 5.78 Å².